The normalized spacial score (nSPS) is 10.6. The molecule has 0 saturated heterocycles. The summed E-state index contributed by atoms with van der Waals surface area (Å²) in [6.45, 7) is 3.30. The number of anilines is 1. The highest BCUT2D eigenvalue weighted by Gasteiger charge is 2.14. The first kappa shape index (κ1) is 13.1. The summed E-state index contributed by atoms with van der Waals surface area (Å²) < 4.78 is 2.01. The molecule has 102 valence electrons. The largest absolute Gasteiger partial charge is 0.382 e. The van der Waals surface area contributed by atoms with E-state index in [4.69, 9.17) is 5.73 Å². The van der Waals surface area contributed by atoms with Gasteiger partial charge in [0.25, 0.3) is 5.91 Å². The first-order valence-corrected chi connectivity index (χ1v) is 6.23. The Labute approximate surface area is 111 Å². The van der Waals surface area contributed by atoms with Crippen molar-refractivity contribution in [3.63, 3.8) is 0 Å². The lowest BCUT2D eigenvalue weighted by atomic mass is 10.2. The number of nitrogens with two attached hydrogens (primary N) is 1. The Morgan fingerprint density at radius 1 is 1.53 bits per heavy atom. The van der Waals surface area contributed by atoms with Crippen molar-refractivity contribution in [3.8, 4) is 0 Å². The van der Waals surface area contributed by atoms with Gasteiger partial charge in [-0.25, -0.2) is 4.98 Å². The molecule has 0 aliphatic rings. The molecule has 7 nitrogen and oxygen atoms in total. The molecule has 0 atom stereocenters. The predicted octanol–water partition coefficient (Wildman–Crippen LogP) is 0.707. The number of nitrogens with one attached hydrogen (secondary N) is 2. The molecule has 0 aliphatic carbocycles. The molecule has 2 heterocycles. The molecule has 0 aliphatic heterocycles. The van der Waals surface area contributed by atoms with Crippen LogP contribution in [0.2, 0.25) is 0 Å². The third-order valence-electron chi connectivity index (χ3n) is 2.89. The predicted molar refractivity (Wildman–Crippen MR) is 71.5 cm³/mol. The number of carbonyl (C=O) groups is 1. The third kappa shape index (κ3) is 3.34. The van der Waals surface area contributed by atoms with Crippen LogP contribution < -0.4 is 11.1 Å². The van der Waals surface area contributed by atoms with Crippen molar-refractivity contribution in [1.29, 1.82) is 0 Å². The molecular weight excluding hydrogens is 244 g/mol. The number of aryl methyl sites for hydroxylation is 2. The lowest BCUT2D eigenvalue weighted by molar-refractivity contribution is 0.0953. The Bertz CT molecular complexity index is 511. The number of imidazole rings is 1. The topological polar surface area (TPSA) is 102 Å². The Morgan fingerprint density at radius 2 is 2.37 bits per heavy atom. The molecule has 0 radical (unpaired) electrons. The van der Waals surface area contributed by atoms with Crippen LogP contribution in [-0.4, -0.2) is 32.2 Å². The van der Waals surface area contributed by atoms with Crippen molar-refractivity contribution >= 4 is 11.7 Å². The summed E-state index contributed by atoms with van der Waals surface area (Å²) >= 11 is 0. The van der Waals surface area contributed by atoms with Crippen LogP contribution in [0.15, 0.2) is 18.7 Å². The summed E-state index contributed by atoms with van der Waals surface area (Å²) in [5.41, 5.74) is 6.75. The van der Waals surface area contributed by atoms with E-state index in [-0.39, 0.29) is 11.7 Å². The van der Waals surface area contributed by atoms with Crippen LogP contribution in [0.4, 0.5) is 5.82 Å². The van der Waals surface area contributed by atoms with E-state index < -0.39 is 0 Å². The van der Waals surface area contributed by atoms with Gasteiger partial charge < -0.3 is 15.6 Å². The summed E-state index contributed by atoms with van der Waals surface area (Å²) in [4.78, 5) is 15.8. The van der Waals surface area contributed by atoms with Gasteiger partial charge in [0, 0.05) is 31.2 Å². The van der Waals surface area contributed by atoms with E-state index in [9.17, 15) is 4.79 Å². The molecule has 2 aromatic rings. The van der Waals surface area contributed by atoms with E-state index in [2.05, 4.69) is 20.5 Å². The number of carbonyl (C=O) groups excluding carboxylic acids is 1. The van der Waals surface area contributed by atoms with Gasteiger partial charge in [-0.05, 0) is 19.8 Å². The van der Waals surface area contributed by atoms with Crippen LogP contribution in [-0.2, 0) is 6.54 Å². The first-order valence-electron chi connectivity index (χ1n) is 6.23. The van der Waals surface area contributed by atoms with Crippen molar-refractivity contribution in [2.75, 3.05) is 12.3 Å². The van der Waals surface area contributed by atoms with Gasteiger partial charge in [-0.15, -0.1) is 0 Å². The Hall–Kier alpha value is -2.31. The second kappa shape index (κ2) is 6.03. The molecule has 4 N–H and O–H groups in total. The van der Waals surface area contributed by atoms with Gasteiger partial charge >= 0.3 is 0 Å². The number of amides is 1. The van der Waals surface area contributed by atoms with E-state index in [0.29, 0.717) is 17.8 Å². The summed E-state index contributed by atoms with van der Waals surface area (Å²) in [6, 6.07) is 0. The summed E-state index contributed by atoms with van der Waals surface area (Å²) in [7, 11) is 0. The number of aromatic nitrogens is 4. The molecule has 0 saturated carbocycles. The fraction of sp³-hybridized carbons (Fsp3) is 0.417. The molecular formula is C12H18N6O. The zero-order chi connectivity index (χ0) is 13.7. The van der Waals surface area contributed by atoms with Crippen LogP contribution in [0.25, 0.3) is 0 Å². The number of nitrogen functional groups attached to an aromatic ring is 1. The highest BCUT2D eigenvalue weighted by molar-refractivity contribution is 5.99. The maximum atomic E-state index is 11.9. The molecule has 0 aromatic carbocycles. The quantitative estimate of drug-likeness (QED) is 0.667. The van der Waals surface area contributed by atoms with Crippen molar-refractivity contribution in [1.82, 2.24) is 25.1 Å². The standard InChI is InChI=1S/C12H18N6O/c1-9-10(11(13)17-16-9)12(19)15-4-2-3-6-18-7-5-14-8-18/h5,7-8H,2-4,6H2,1H3,(H,15,19)(H3,13,16,17). The molecule has 2 aromatic heterocycles. The van der Waals surface area contributed by atoms with Gasteiger partial charge in [-0.3, -0.25) is 9.89 Å². The van der Waals surface area contributed by atoms with Gasteiger partial charge in [0.15, 0.2) is 5.82 Å². The lowest BCUT2D eigenvalue weighted by Crippen LogP contribution is -2.25. The van der Waals surface area contributed by atoms with Gasteiger partial charge in [-0.2, -0.15) is 5.10 Å². The maximum absolute atomic E-state index is 11.9. The molecule has 0 bridgehead atoms. The number of H-pyrrole nitrogens is 1. The summed E-state index contributed by atoms with van der Waals surface area (Å²) in [6.07, 6.45) is 7.35. The Balaban J connectivity index is 1.70. The summed E-state index contributed by atoms with van der Waals surface area (Å²) in [5.74, 6) is 0.0693. The number of unbranched alkanes of at least 4 members (excludes halogenated alkanes) is 1. The second-order valence-corrected chi connectivity index (χ2v) is 4.37. The molecule has 0 fully saturated rings. The fourth-order valence-electron chi connectivity index (χ4n) is 1.86. The molecule has 19 heavy (non-hydrogen) atoms. The minimum Gasteiger partial charge on any atom is -0.382 e. The van der Waals surface area contributed by atoms with E-state index in [1.54, 1.807) is 19.4 Å². The van der Waals surface area contributed by atoms with Gasteiger partial charge in [0.05, 0.1) is 6.33 Å². The highest BCUT2D eigenvalue weighted by atomic mass is 16.1. The number of rotatable bonds is 6. The number of hydrogen-bond donors (Lipinski definition) is 3. The van der Waals surface area contributed by atoms with Crippen molar-refractivity contribution in [3.05, 3.63) is 30.0 Å². The minimum absolute atomic E-state index is 0.175. The highest BCUT2D eigenvalue weighted by Crippen LogP contribution is 2.11. The Kier molecular flexibility index (Phi) is 4.17. The monoisotopic (exact) mass is 262 g/mol. The number of aromatic amines is 1. The van der Waals surface area contributed by atoms with Crippen molar-refractivity contribution in [2.45, 2.75) is 26.3 Å². The minimum atomic E-state index is -0.175. The second-order valence-electron chi connectivity index (χ2n) is 4.37. The van der Waals surface area contributed by atoms with Crippen LogP contribution in [0, 0.1) is 6.92 Å². The van der Waals surface area contributed by atoms with E-state index in [1.165, 1.54) is 0 Å². The lowest BCUT2D eigenvalue weighted by Gasteiger charge is -2.05. The molecule has 0 unspecified atom stereocenters. The van der Waals surface area contributed by atoms with Crippen LogP contribution in [0.5, 0.6) is 0 Å². The van der Waals surface area contributed by atoms with Crippen LogP contribution in [0.1, 0.15) is 28.9 Å². The fourth-order valence-corrected chi connectivity index (χ4v) is 1.86. The number of nitrogens with zero attached hydrogens (tertiary/aromatic N) is 3. The molecule has 2 rings (SSSR count). The average molecular weight is 262 g/mol. The molecule has 0 spiro atoms. The van der Waals surface area contributed by atoms with Gasteiger partial charge in [0.2, 0.25) is 0 Å². The SMILES string of the molecule is Cc1[nH]nc(N)c1C(=O)NCCCCn1ccnc1. The van der Waals surface area contributed by atoms with Crippen LogP contribution >= 0.6 is 0 Å². The van der Waals surface area contributed by atoms with Gasteiger partial charge in [-0.1, -0.05) is 0 Å². The molecule has 1 amide bonds. The zero-order valence-corrected chi connectivity index (χ0v) is 10.9. The Morgan fingerprint density at radius 3 is 3.00 bits per heavy atom. The molecule has 7 heteroatoms. The van der Waals surface area contributed by atoms with Crippen LogP contribution in [0.3, 0.4) is 0 Å². The average Bonchev–Trinajstić information content (AvgIpc) is 2.99. The summed E-state index contributed by atoms with van der Waals surface area (Å²) in [5, 5.41) is 9.33. The first-order chi connectivity index (χ1) is 9.18. The zero-order valence-electron chi connectivity index (χ0n) is 10.9. The van der Waals surface area contributed by atoms with Crippen molar-refractivity contribution < 1.29 is 4.79 Å². The van der Waals surface area contributed by atoms with E-state index >= 15 is 0 Å². The smallest absolute Gasteiger partial charge is 0.256 e. The van der Waals surface area contributed by atoms with E-state index in [1.807, 2.05) is 10.8 Å². The number of hydrogen-bond acceptors (Lipinski definition) is 4. The van der Waals surface area contributed by atoms with Gasteiger partial charge in [0.1, 0.15) is 5.56 Å². The van der Waals surface area contributed by atoms with Crippen molar-refractivity contribution in [2.24, 2.45) is 0 Å². The van der Waals surface area contributed by atoms with E-state index in [0.717, 1.165) is 19.4 Å². The maximum Gasteiger partial charge on any atom is 0.256 e. The third-order valence-corrected chi connectivity index (χ3v) is 2.89.